The summed E-state index contributed by atoms with van der Waals surface area (Å²) >= 11 is 0. The number of ketones is 2. The van der Waals surface area contributed by atoms with E-state index < -0.39 is 11.6 Å². The molecule has 104 valence electrons. The number of fused-ring (bicyclic) bond motifs is 1. The number of hydrogen-bond donors (Lipinski definition) is 0. The lowest BCUT2D eigenvalue weighted by Crippen LogP contribution is -2.16. The molecule has 0 saturated carbocycles. The largest absolute Gasteiger partial charge is 0.285 e. The van der Waals surface area contributed by atoms with Gasteiger partial charge >= 0.3 is 0 Å². The molecule has 0 aliphatic rings. The highest BCUT2D eigenvalue weighted by molar-refractivity contribution is 6.49. The Morgan fingerprint density at radius 3 is 2.67 bits per heavy atom. The van der Waals surface area contributed by atoms with Crippen molar-refractivity contribution in [3.05, 3.63) is 53.3 Å². The van der Waals surface area contributed by atoms with E-state index in [1.807, 2.05) is 0 Å². The lowest BCUT2D eigenvalue weighted by molar-refractivity contribution is 0.0814. The van der Waals surface area contributed by atoms with Gasteiger partial charge in [-0.2, -0.15) is 0 Å². The number of nitrogens with zero attached hydrogens (tertiary/aromatic N) is 4. The van der Waals surface area contributed by atoms with Crippen LogP contribution in [0, 0.1) is 6.92 Å². The van der Waals surface area contributed by atoms with Crippen molar-refractivity contribution in [3.63, 3.8) is 0 Å². The van der Waals surface area contributed by atoms with Crippen LogP contribution in [0.5, 0.6) is 0 Å². The summed E-state index contributed by atoms with van der Waals surface area (Å²) in [5, 5.41) is 7.81. The van der Waals surface area contributed by atoms with E-state index in [1.54, 1.807) is 49.0 Å². The predicted octanol–water partition coefficient (Wildman–Crippen LogP) is 1.74. The normalized spacial score (nSPS) is 10.8. The summed E-state index contributed by atoms with van der Waals surface area (Å²) in [5.74, 6) is -1.20. The maximum atomic E-state index is 12.3. The molecule has 3 rings (SSSR count). The topological polar surface area (TPSA) is 77.7 Å². The molecule has 0 unspecified atom stereocenters. The van der Waals surface area contributed by atoms with E-state index in [-0.39, 0.29) is 5.69 Å². The molecule has 6 heteroatoms. The molecule has 21 heavy (non-hydrogen) atoms. The molecule has 0 atom stereocenters. The number of carbonyl (C=O) groups is 2. The first kappa shape index (κ1) is 13.1. The summed E-state index contributed by atoms with van der Waals surface area (Å²) in [7, 11) is 1.73. The van der Waals surface area contributed by atoms with Crippen molar-refractivity contribution in [3.8, 4) is 0 Å². The maximum absolute atomic E-state index is 12.3. The third-order valence-electron chi connectivity index (χ3n) is 3.20. The van der Waals surface area contributed by atoms with Gasteiger partial charge in [0.2, 0.25) is 5.78 Å². The number of rotatable bonds is 3. The van der Waals surface area contributed by atoms with E-state index in [0.29, 0.717) is 22.3 Å². The first-order chi connectivity index (χ1) is 10.1. The lowest BCUT2D eigenvalue weighted by atomic mass is 10.0. The van der Waals surface area contributed by atoms with Crippen LogP contribution in [0.4, 0.5) is 0 Å². The fraction of sp³-hybridized carbons (Fsp3) is 0.133. The highest BCUT2D eigenvalue weighted by Crippen LogP contribution is 2.14. The molecule has 3 aromatic rings. The summed E-state index contributed by atoms with van der Waals surface area (Å²) < 4.78 is 1.56. The Labute approximate surface area is 120 Å². The Kier molecular flexibility index (Phi) is 3.06. The van der Waals surface area contributed by atoms with Crippen molar-refractivity contribution in [2.24, 2.45) is 7.05 Å². The predicted molar refractivity (Wildman–Crippen MR) is 76.1 cm³/mol. The van der Waals surface area contributed by atoms with Crippen molar-refractivity contribution in [1.82, 2.24) is 20.0 Å². The number of pyridine rings is 1. The van der Waals surface area contributed by atoms with Crippen molar-refractivity contribution in [2.75, 3.05) is 0 Å². The van der Waals surface area contributed by atoms with E-state index in [0.717, 1.165) is 0 Å². The van der Waals surface area contributed by atoms with Crippen molar-refractivity contribution < 1.29 is 9.59 Å². The standard InChI is InChI=1S/C15H12N4O2/c1-9-4-3-5-12(16-9)15(21)14(20)10-6-7-11-13(8-10)19(2)18-17-11/h3-8H,1-2H3. The molecule has 0 radical (unpaired) electrons. The van der Waals surface area contributed by atoms with Crippen molar-refractivity contribution in [2.45, 2.75) is 6.92 Å². The van der Waals surface area contributed by atoms with Gasteiger partial charge in [-0.25, -0.2) is 9.67 Å². The minimum atomic E-state index is -0.617. The van der Waals surface area contributed by atoms with Gasteiger partial charge in [-0.05, 0) is 37.3 Å². The Bertz CT molecular complexity index is 867. The van der Waals surface area contributed by atoms with Crippen LogP contribution in [0.3, 0.4) is 0 Å². The zero-order chi connectivity index (χ0) is 15.0. The van der Waals surface area contributed by atoms with Crippen LogP contribution in [0.25, 0.3) is 11.0 Å². The fourth-order valence-electron chi connectivity index (χ4n) is 2.09. The minimum absolute atomic E-state index is 0.156. The summed E-state index contributed by atoms with van der Waals surface area (Å²) in [5.41, 5.74) is 2.53. The molecule has 0 N–H and O–H groups in total. The third kappa shape index (κ3) is 2.31. The van der Waals surface area contributed by atoms with E-state index >= 15 is 0 Å². The van der Waals surface area contributed by atoms with Gasteiger partial charge in [-0.1, -0.05) is 11.3 Å². The molecule has 0 saturated heterocycles. The quantitative estimate of drug-likeness (QED) is 0.539. The van der Waals surface area contributed by atoms with E-state index in [1.165, 1.54) is 6.07 Å². The maximum Gasteiger partial charge on any atom is 0.251 e. The lowest BCUT2D eigenvalue weighted by Gasteiger charge is -2.02. The Morgan fingerprint density at radius 2 is 1.90 bits per heavy atom. The van der Waals surface area contributed by atoms with Gasteiger partial charge < -0.3 is 0 Å². The highest BCUT2D eigenvalue weighted by Gasteiger charge is 2.20. The van der Waals surface area contributed by atoms with Crippen LogP contribution in [0.2, 0.25) is 0 Å². The Morgan fingerprint density at radius 1 is 1.10 bits per heavy atom. The zero-order valence-corrected chi connectivity index (χ0v) is 11.6. The molecule has 1 aromatic carbocycles. The molecule has 0 fully saturated rings. The second-order valence-corrected chi connectivity index (χ2v) is 4.74. The first-order valence-electron chi connectivity index (χ1n) is 6.38. The number of Topliss-reactive ketones (excluding diaryl/α,β-unsaturated/α-hetero) is 2. The number of hydrogen-bond acceptors (Lipinski definition) is 5. The summed E-state index contributed by atoms with van der Waals surface area (Å²) in [6.45, 7) is 1.77. The van der Waals surface area contributed by atoms with E-state index in [9.17, 15) is 9.59 Å². The van der Waals surface area contributed by atoms with Gasteiger partial charge in [0, 0.05) is 18.3 Å². The van der Waals surface area contributed by atoms with Gasteiger partial charge in [-0.15, -0.1) is 5.10 Å². The monoisotopic (exact) mass is 280 g/mol. The second kappa shape index (κ2) is 4.90. The number of aromatic nitrogens is 4. The fourth-order valence-corrected chi connectivity index (χ4v) is 2.09. The highest BCUT2D eigenvalue weighted by atomic mass is 16.2. The molecule has 6 nitrogen and oxygen atoms in total. The van der Waals surface area contributed by atoms with E-state index in [4.69, 9.17) is 0 Å². The van der Waals surface area contributed by atoms with Gasteiger partial charge in [0.15, 0.2) is 0 Å². The molecular formula is C15H12N4O2. The van der Waals surface area contributed by atoms with Crippen LogP contribution in [0.1, 0.15) is 26.5 Å². The Balaban J connectivity index is 1.99. The molecule has 0 aliphatic heterocycles. The summed E-state index contributed by atoms with van der Waals surface area (Å²) in [6, 6.07) is 9.88. The SMILES string of the molecule is Cc1cccc(C(=O)C(=O)c2ccc3nnn(C)c3c2)n1. The zero-order valence-electron chi connectivity index (χ0n) is 11.6. The van der Waals surface area contributed by atoms with Crippen LogP contribution in [-0.2, 0) is 7.05 Å². The van der Waals surface area contributed by atoms with Crippen LogP contribution < -0.4 is 0 Å². The summed E-state index contributed by atoms with van der Waals surface area (Å²) in [4.78, 5) is 28.6. The molecule has 0 amide bonds. The summed E-state index contributed by atoms with van der Waals surface area (Å²) in [6.07, 6.45) is 0. The third-order valence-corrected chi connectivity index (χ3v) is 3.20. The molecule has 0 aliphatic carbocycles. The molecule has 2 aromatic heterocycles. The van der Waals surface area contributed by atoms with Crippen molar-refractivity contribution >= 4 is 22.6 Å². The van der Waals surface area contributed by atoms with Gasteiger partial charge in [0.25, 0.3) is 5.78 Å². The number of aryl methyl sites for hydroxylation is 2. The van der Waals surface area contributed by atoms with Gasteiger partial charge in [0.05, 0.1) is 5.52 Å². The molecular weight excluding hydrogens is 268 g/mol. The van der Waals surface area contributed by atoms with Gasteiger partial charge in [0.1, 0.15) is 11.2 Å². The number of carbonyl (C=O) groups excluding carboxylic acids is 2. The second-order valence-electron chi connectivity index (χ2n) is 4.74. The van der Waals surface area contributed by atoms with Gasteiger partial charge in [-0.3, -0.25) is 9.59 Å². The first-order valence-corrected chi connectivity index (χ1v) is 6.38. The average molecular weight is 280 g/mol. The number of benzene rings is 1. The molecule has 2 heterocycles. The van der Waals surface area contributed by atoms with Crippen LogP contribution in [0.15, 0.2) is 36.4 Å². The smallest absolute Gasteiger partial charge is 0.251 e. The van der Waals surface area contributed by atoms with Crippen molar-refractivity contribution in [1.29, 1.82) is 0 Å². The van der Waals surface area contributed by atoms with Crippen LogP contribution in [-0.4, -0.2) is 31.5 Å². The average Bonchev–Trinajstić information content (AvgIpc) is 2.87. The van der Waals surface area contributed by atoms with Crippen LogP contribution >= 0.6 is 0 Å². The molecule has 0 spiro atoms. The Hall–Kier alpha value is -2.89. The minimum Gasteiger partial charge on any atom is -0.285 e. The molecule has 0 bridgehead atoms. The van der Waals surface area contributed by atoms with E-state index in [2.05, 4.69) is 15.3 Å².